The second-order valence-electron chi connectivity index (χ2n) is 5.96. The van der Waals surface area contributed by atoms with Gasteiger partial charge in [0.2, 0.25) is 11.7 Å². The first-order valence-corrected chi connectivity index (χ1v) is 8.21. The number of carbonyl (C=O) groups excluding carboxylic acids is 1. The van der Waals surface area contributed by atoms with E-state index in [1.165, 1.54) is 5.56 Å². The summed E-state index contributed by atoms with van der Waals surface area (Å²) in [4.78, 5) is 16.2. The number of esters is 1. The van der Waals surface area contributed by atoms with Crippen LogP contribution >= 0.6 is 0 Å². The van der Waals surface area contributed by atoms with Crippen LogP contribution < -0.4 is 0 Å². The number of carbonyl (C=O) groups is 1. The van der Waals surface area contributed by atoms with E-state index in [2.05, 4.69) is 10.1 Å². The summed E-state index contributed by atoms with van der Waals surface area (Å²) in [6.45, 7) is 4.30. The molecule has 3 rings (SSSR count). The van der Waals surface area contributed by atoms with Crippen LogP contribution in [0.2, 0.25) is 0 Å². The Bertz CT molecular complexity index is 853. The molecule has 2 aromatic carbocycles. The molecule has 0 amide bonds. The normalized spacial score (nSPS) is 10.6. The van der Waals surface area contributed by atoms with Crippen molar-refractivity contribution in [2.24, 2.45) is 0 Å². The Balaban J connectivity index is 1.51. The molecular formula is C20H20N2O3. The van der Waals surface area contributed by atoms with Crippen LogP contribution in [0.3, 0.4) is 0 Å². The van der Waals surface area contributed by atoms with Crippen LogP contribution in [0.1, 0.15) is 29.0 Å². The Labute approximate surface area is 146 Å². The zero-order valence-electron chi connectivity index (χ0n) is 14.4. The summed E-state index contributed by atoms with van der Waals surface area (Å²) in [5.41, 5.74) is 4.18. The minimum atomic E-state index is -0.279. The van der Waals surface area contributed by atoms with Crippen molar-refractivity contribution >= 4 is 5.97 Å². The molecular weight excluding hydrogens is 316 g/mol. The number of aromatic nitrogens is 2. The van der Waals surface area contributed by atoms with Gasteiger partial charge in [0.05, 0.1) is 6.42 Å². The molecule has 1 heterocycles. The van der Waals surface area contributed by atoms with Crippen molar-refractivity contribution in [2.45, 2.75) is 33.3 Å². The van der Waals surface area contributed by atoms with E-state index in [1.54, 1.807) is 0 Å². The Morgan fingerprint density at radius 2 is 1.84 bits per heavy atom. The largest absolute Gasteiger partial charge is 0.461 e. The molecule has 0 radical (unpaired) electrons. The molecule has 0 unspecified atom stereocenters. The fourth-order valence-electron chi connectivity index (χ4n) is 2.39. The van der Waals surface area contributed by atoms with Crippen LogP contribution in [-0.4, -0.2) is 16.1 Å². The van der Waals surface area contributed by atoms with Crippen LogP contribution in [0.4, 0.5) is 0 Å². The van der Waals surface area contributed by atoms with Crippen LogP contribution in [0.25, 0.3) is 11.4 Å². The first-order chi connectivity index (χ1) is 12.1. The van der Waals surface area contributed by atoms with E-state index in [-0.39, 0.29) is 19.0 Å². The van der Waals surface area contributed by atoms with Crippen molar-refractivity contribution in [2.75, 3.05) is 0 Å². The average molecular weight is 336 g/mol. The first-order valence-electron chi connectivity index (χ1n) is 8.21. The van der Waals surface area contributed by atoms with Crippen molar-refractivity contribution in [1.29, 1.82) is 0 Å². The number of benzene rings is 2. The minimum absolute atomic E-state index is 0.210. The van der Waals surface area contributed by atoms with Crippen LogP contribution in [0.15, 0.2) is 53.1 Å². The van der Waals surface area contributed by atoms with E-state index in [9.17, 15) is 4.79 Å². The van der Waals surface area contributed by atoms with Crippen LogP contribution in [-0.2, 0) is 22.6 Å². The van der Waals surface area contributed by atoms with E-state index >= 15 is 0 Å². The summed E-state index contributed by atoms with van der Waals surface area (Å²) >= 11 is 0. The van der Waals surface area contributed by atoms with Crippen molar-refractivity contribution in [3.8, 4) is 11.4 Å². The Morgan fingerprint density at radius 1 is 1.08 bits per heavy atom. The van der Waals surface area contributed by atoms with Gasteiger partial charge in [-0.15, -0.1) is 0 Å². The number of rotatable bonds is 6. The summed E-state index contributed by atoms with van der Waals surface area (Å²) < 4.78 is 10.5. The quantitative estimate of drug-likeness (QED) is 0.636. The molecule has 5 nitrogen and oxygen atoms in total. The molecule has 0 saturated heterocycles. The minimum Gasteiger partial charge on any atom is -0.461 e. The first kappa shape index (κ1) is 16.9. The van der Waals surface area contributed by atoms with Crippen LogP contribution in [0, 0.1) is 13.8 Å². The van der Waals surface area contributed by atoms with Gasteiger partial charge in [-0.3, -0.25) is 4.79 Å². The summed E-state index contributed by atoms with van der Waals surface area (Å²) in [6.07, 6.45) is 0.576. The van der Waals surface area contributed by atoms with Crippen molar-refractivity contribution in [3.63, 3.8) is 0 Å². The summed E-state index contributed by atoms with van der Waals surface area (Å²) in [5.74, 6) is 0.685. The molecule has 0 saturated carbocycles. The molecule has 3 aromatic rings. The Kier molecular flexibility index (Phi) is 5.23. The monoisotopic (exact) mass is 336 g/mol. The topological polar surface area (TPSA) is 65.2 Å². The predicted molar refractivity (Wildman–Crippen MR) is 93.8 cm³/mol. The number of nitrogens with zero attached hydrogens (tertiary/aromatic N) is 2. The third-order valence-electron chi connectivity index (χ3n) is 3.97. The molecule has 0 aliphatic rings. The van der Waals surface area contributed by atoms with Gasteiger partial charge >= 0.3 is 5.97 Å². The summed E-state index contributed by atoms with van der Waals surface area (Å²) in [6, 6.07) is 15.7. The maximum atomic E-state index is 11.9. The molecule has 0 aliphatic heterocycles. The van der Waals surface area contributed by atoms with Gasteiger partial charge in [-0.05, 0) is 25.0 Å². The van der Waals surface area contributed by atoms with E-state index < -0.39 is 0 Å². The van der Waals surface area contributed by atoms with Gasteiger partial charge in [0, 0.05) is 12.0 Å². The van der Waals surface area contributed by atoms with Crippen molar-refractivity contribution < 1.29 is 14.1 Å². The van der Waals surface area contributed by atoms with Gasteiger partial charge in [-0.25, -0.2) is 0 Å². The highest BCUT2D eigenvalue weighted by Crippen LogP contribution is 2.17. The molecule has 1 aromatic heterocycles. The fraction of sp³-hybridized carbons (Fsp3) is 0.250. The summed E-state index contributed by atoms with van der Waals surface area (Å²) in [5, 5.41) is 3.96. The predicted octanol–water partition coefficient (Wildman–Crippen LogP) is 4.03. The van der Waals surface area contributed by atoms with Crippen LogP contribution in [0.5, 0.6) is 0 Å². The van der Waals surface area contributed by atoms with Gasteiger partial charge in [0.15, 0.2) is 0 Å². The molecule has 0 aliphatic carbocycles. The fourth-order valence-corrected chi connectivity index (χ4v) is 2.39. The molecule has 0 spiro atoms. The SMILES string of the molecule is Cc1ccc(-c2noc(CCC(=O)OCc3ccccc3C)n2)cc1. The lowest BCUT2D eigenvalue weighted by Crippen LogP contribution is -2.06. The van der Waals surface area contributed by atoms with E-state index in [4.69, 9.17) is 9.26 Å². The van der Waals surface area contributed by atoms with Gasteiger partial charge in [0.1, 0.15) is 6.61 Å². The molecule has 0 bridgehead atoms. The van der Waals surface area contributed by atoms with E-state index in [0.717, 1.165) is 16.7 Å². The number of ether oxygens (including phenoxy) is 1. The highest BCUT2D eigenvalue weighted by molar-refractivity contribution is 5.69. The lowest BCUT2D eigenvalue weighted by atomic mass is 10.1. The maximum absolute atomic E-state index is 11.9. The number of aryl methyl sites for hydroxylation is 3. The zero-order valence-corrected chi connectivity index (χ0v) is 14.4. The molecule has 0 N–H and O–H groups in total. The third-order valence-corrected chi connectivity index (χ3v) is 3.97. The molecule has 0 atom stereocenters. The number of hydrogen-bond acceptors (Lipinski definition) is 5. The van der Waals surface area contributed by atoms with E-state index in [1.807, 2.05) is 62.4 Å². The molecule has 0 fully saturated rings. The lowest BCUT2D eigenvalue weighted by molar-refractivity contribution is -0.145. The average Bonchev–Trinajstić information content (AvgIpc) is 3.09. The van der Waals surface area contributed by atoms with Gasteiger partial charge in [-0.2, -0.15) is 4.98 Å². The molecule has 5 heteroatoms. The zero-order chi connectivity index (χ0) is 17.6. The molecule has 25 heavy (non-hydrogen) atoms. The Morgan fingerprint density at radius 3 is 2.60 bits per heavy atom. The smallest absolute Gasteiger partial charge is 0.306 e. The van der Waals surface area contributed by atoms with Gasteiger partial charge in [-0.1, -0.05) is 59.3 Å². The van der Waals surface area contributed by atoms with Gasteiger partial charge in [0.25, 0.3) is 0 Å². The third kappa shape index (κ3) is 4.53. The molecule has 128 valence electrons. The summed E-state index contributed by atoms with van der Waals surface area (Å²) in [7, 11) is 0. The second kappa shape index (κ2) is 7.75. The van der Waals surface area contributed by atoms with E-state index in [0.29, 0.717) is 18.1 Å². The lowest BCUT2D eigenvalue weighted by Gasteiger charge is -2.06. The second-order valence-corrected chi connectivity index (χ2v) is 5.96. The number of hydrogen-bond donors (Lipinski definition) is 0. The highest BCUT2D eigenvalue weighted by Gasteiger charge is 2.11. The van der Waals surface area contributed by atoms with Crippen molar-refractivity contribution in [1.82, 2.24) is 10.1 Å². The maximum Gasteiger partial charge on any atom is 0.306 e. The highest BCUT2D eigenvalue weighted by atomic mass is 16.5. The van der Waals surface area contributed by atoms with Gasteiger partial charge < -0.3 is 9.26 Å². The Hall–Kier alpha value is -2.95. The standard InChI is InChI=1S/C20H20N2O3/c1-14-7-9-16(10-8-14)20-21-18(25-22-20)11-12-19(23)24-13-17-6-4-3-5-15(17)2/h3-10H,11-13H2,1-2H3. The van der Waals surface area contributed by atoms with Crippen molar-refractivity contribution in [3.05, 3.63) is 71.1 Å².